The van der Waals surface area contributed by atoms with Crippen LogP contribution in [0.2, 0.25) is 0 Å². The van der Waals surface area contributed by atoms with E-state index in [2.05, 4.69) is 12.2 Å². The van der Waals surface area contributed by atoms with E-state index in [0.29, 0.717) is 24.5 Å². The predicted molar refractivity (Wildman–Crippen MR) is 83.4 cm³/mol. The summed E-state index contributed by atoms with van der Waals surface area (Å²) < 4.78 is 7.48. The SMILES string of the molecule is CCCn1cccc1C(=O)NCCOc1ccc(N)cc1. The number of rotatable bonds is 7. The van der Waals surface area contributed by atoms with Gasteiger partial charge in [-0.3, -0.25) is 4.79 Å². The van der Waals surface area contributed by atoms with Crippen LogP contribution in [0.1, 0.15) is 23.8 Å². The number of hydrogen-bond donors (Lipinski definition) is 2. The van der Waals surface area contributed by atoms with Gasteiger partial charge in [0.2, 0.25) is 0 Å². The topological polar surface area (TPSA) is 69.3 Å². The Labute approximate surface area is 124 Å². The molecular formula is C16H21N3O2. The largest absolute Gasteiger partial charge is 0.492 e. The highest BCUT2D eigenvalue weighted by atomic mass is 16.5. The van der Waals surface area contributed by atoms with Crippen LogP contribution < -0.4 is 15.8 Å². The van der Waals surface area contributed by atoms with E-state index in [1.807, 2.05) is 35.0 Å². The summed E-state index contributed by atoms with van der Waals surface area (Å²) in [6.07, 6.45) is 2.92. The minimum atomic E-state index is -0.0747. The lowest BCUT2D eigenvalue weighted by molar-refractivity contribution is 0.0937. The van der Waals surface area contributed by atoms with Crippen LogP contribution in [0, 0.1) is 0 Å². The van der Waals surface area contributed by atoms with Crippen molar-refractivity contribution in [3.8, 4) is 5.75 Å². The molecule has 1 amide bonds. The van der Waals surface area contributed by atoms with Crippen LogP contribution in [0.25, 0.3) is 0 Å². The monoisotopic (exact) mass is 287 g/mol. The van der Waals surface area contributed by atoms with Gasteiger partial charge in [-0.15, -0.1) is 0 Å². The van der Waals surface area contributed by atoms with Crippen LogP contribution in [0.5, 0.6) is 5.75 Å². The number of aromatic nitrogens is 1. The van der Waals surface area contributed by atoms with Gasteiger partial charge in [-0.1, -0.05) is 6.92 Å². The summed E-state index contributed by atoms with van der Waals surface area (Å²) in [6.45, 7) is 3.81. The quantitative estimate of drug-likeness (QED) is 0.606. The van der Waals surface area contributed by atoms with Crippen LogP contribution in [0.3, 0.4) is 0 Å². The molecule has 0 radical (unpaired) electrons. The first kappa shape index (κ1) is 15.0. The molecule has 1 aromatic carbocycles. The van der Waals surface area contributed by atoms with E-state index in [4.69, 9.17) is 10.5 Å². The second-order valence-electron chi connectivity index (χ2n) is 4.76. The molecule has 0 unspecified atom stereocenters. The molecule has 1 heterocycles. The Morgan fingerprint density at radius 2 is 2.05 bits per heavy atom. The number of benzene rings is 1. The standard InChI is InChI=1S/C16H21N3O2/c1-2-10-19-11-3-4-15(19)16(20)18-9-12-21-14-7-5-13(17)6-8-14/h3-8,11H,2,9-10,12,17H2,1H3,(H,18,20). The minimum Gasteiger partial charge on any atom is -0.492 e. The Kier molecular flexibility index (Phi) is 5.26. The Bertz CT molecular complexity index is 575. The van der Waals surface area contributed by atoms with Gasteiger partial charge < -0.3 is 20.4 Å². The molecule has 0 atom stereocenters. The van der Waals surface area contributed by atoms with E-state index in [1.165, 1.54) is 0 Å². The summed E-state index contributed by atoms with van der Waals surface area (Å²) in [5.41, 5.74) is 6.99. The third kappa shape index (κ3) is 4.27. The fourth-order valence-corrected chi connectivity index (χ4v) is 2.04. The van der Waals surface area contributed by atoms with Crippen molar-refractivity contribution in [2.45, 2.75) is 19.9 Å². The number of ether oxygens (including phenoxy) is 1. The van der Waals surface area contributed by atoms with Gasteiger partial charge in [0, 0.05) is 18.4 Å². The number of nitrogens with two attached hydrogens (primary N) is 1. The highest BCUT2D eigenvalue weighted by molar-refractivity contribution is 5.92. The molecule has 2 rings (SSSR count). The second-order valence-corrected chi connectivity index (χ2v) is 4.76. The maximum absolute atomic E-state index is 12.1. The molecule has 21 heavy (non-hydrogen) atoms. The van der Waals surface area contributed by atoms with Crippen molar-refractivity contribution in [1.29, 1.82) is 0 Å². The van der Waals surface area contributed by atoms with Gasteiger partial charge in [-0.05, 0) is 42.8 Å². The van der Waals surface area contributed by atoms with Crippen molar-refractivity contribution in [3.63, 3.8) is 0 Å². The second kappa shape index (κ2) is 7.38. The molecule has 0 fully saturated rings. The summed E-state index contributed by atoms with van der Waals surface area (Å²) >= 11 is 0. The van der Waals surface area contributed by atoms with Crippen LogP contribution in [0.15, 0.2) is 42.6 Å². The zero-order chi connectivity index (χ0) is 15.1. The number of aryl methyl sites for hydroxylation is 1. The fourth-order valence-electron chi connectivity index (χ4n) is 2.04. The van der Waals surface area contributed by atoms with Crippen molar-refractivity contribution >= 4 is 11.6 Å². The molecule has 0 aliphatic rings. The van der Waals surface area contributed by atoms with Gasteiger partial charge in [0.25, 0.3) is 5.91 Å². The number of nitrogens with one attached hydrogen (secondary N) is 1. The van der Waals surface area contributed by atoms with Crippen molar-refractivity contribution in [2.75, 3.05) is 18.9 Å². The molecule has 1 aromatic heterocycles. The zero-order valence-electron chi connectivity index (χ0n) is 12.2. The van der Waals surface area contributed by atoms with Crippen LogP contribution >= 0.6 is 0 Å². The summed E-state index contributed by atoms with van der Waals surface area (Å²) in [5, 5.41) is 2.86. The molecule has 3 N–H and O–H groups in total. The average molecular weight is 287 g/mol. The number of carbonyl (C=O) groups is 1. The van der Waals surface area contributed by atoms with Crippen molar-refractivity contribution in [3.05, 3.63) is 48.3 Å². The molecule has 5 nitrogen and oxygen atoms in total. The van der Waals surface area contributed by atoms with Crippen molar-refractivity contribution in [2.24, 2.45) is 0 Å². The first-order valence-electron chi connectivity index (χ1n) is 7.12. The fraction of sp³-hybridized carbons (Fsp3) is 0.312. The molecule has 5 heteroatoms. The third-order valence-electron chi connectivity index (χ3n) is 3.06. The molecule has 0 spiro atoms. The maximum atomic E-state index is 12.1. The molecule has 0 aliphatic carbocycles. The van der Waals surface area contributed by atoms with E-state index in [1.54, 1.807) is 12.1 Å². The normalized spacial score (nSPS) is 10.3. The van der Waals surface area contributed by atoms with Gasteiger partial charge in [0.1, 0.15) is 18.1 Å². The smallest absolute Gasteiger partial charge is 0.268 e. The summed E-state index contributed by atoms with van der Waals surface area (Å²) in [7, 11) is 0. The number of amides is 1. The molecule has 0 aliphatic heterocycles. The van der Waals surface area contributed by atoms with E-state index < -0.39 is 0 Å². The number of anilines is 1. The Balaban J connectivity index is 1.76. The molecule has 0 bridgehead atoms. The van der Waals surface area contributed by atoms with E-state index in [-0.39, 0.29) is 5.91 Å². The molecule has 0 saturated heterocycles. The first-order valence-corrected chi connectivity index (χ1v) is 7.12. The van der Waals surface area contributed by atoms with Crippen LogP contribution in [-0.4, -0.2) is 23.6 Å². The Morgan fingerprint density at radius 1 is 1.29 bits per heavy atom. The van der Waals surface area contributed by atoms with E-state index >= 15 is 0 Å². The zero-order valence-corrected chi connectivity index (χ0v) is 12.2. The number of hydrogen-bond acceptors (Lipinski definition) is 3. The maximum Gasteiger partial charge on any atom is 0.268 e. The van der Waals surface area contributed by atoms with Gasteiger partial charge in [0.05, 0.1) is 6.54 Å². The minimum absolute atomic E-state index is 0.0747. The van der Waals surface area contributed by atoms with Gasteiger partial charge >= 0.3 is 0 Å². The van der Waals surface area contributed by atoms with Crippen molar-refractivity contribution < 1.29 is 9.53 Å². The van der Waals surface area contributed by atoms with E-state index in [0.717, 1.165) is 18.7 Å². The third-order valence-corrected chi connectivity index (χ3v) is 3.06. The lowest BCUT2D eigenvalue weighted by Crippen LogP contribution is -2.29. The van der Waals surface area contributed by atoms with Gasteiger partial charge in [-0.25, -0.2) is 0 Å². The average Bonchev–Trinajstić information content (AvgIpc) is 2.94. The molecule has 112 valence electrons. The van der Waals surface area contributed by atoms with Crippen LogP contribution in [-0.2, 0) is 6.54 Å². The van der Waals surface area contributed by atoms with Gasteiger partial charge in [-0.2, -0.15) is 0 Å². The molecular weight excluding hydrogens is 266 g/mol. The number of nitrogens with zero attached hydrogens (tertiary/aromatic N) is 1. The summed E-state index contributed by atoms with van der Waals surface area (Å²) in [5.74, 6) is 0.669. The van der Waals surface area contributed by atoms with Crippen LogP contribution in [0.4, 0.5) is 5.69 Å². The summed E-state index contributed by atoms with van der Waals surface area (Å²) in [4.78, 5) is 12.1. The molecule has 0 saturated carbocycles. The Hall–Kier alpha value is -2.43. The van der Waals surface area contributed by atoms with Crippen molar-refractivity contribution in [1.82, 2.24) is 9.88 Å². The lowest BCUT2D eigenvalue weighted by atomic mass is 10.3. The van der Waals surface area contributed by atoms with E-state index in [9.17, 15) is 4.79 Å². The highest BCUT2D eigenvalue weighted by Crippen LogP contribution is 2.12. The first-order chi connectivity index (χ1) is 10.2. The Morgan fingerprint density at radius 3 is 2.76 bits per heavy atom. The highest BCUT2D eigenvalue weighted by Gasteiger charge is 2.09. The predicted octanol–water partition coefficient (Wildman–Crippen LogP) is 2.29. The number of carbonyl (C=O) groups excluding carboxylic acids is 1. The summed E-state index contributed by atoms with van der Waals surface area (Å²) in [6, 6.07) is 10.9. The molecule has 2 aromatic rings. The lowest BCUT2D eigenvalue weighted by Gasteiger charge is -2.10. The number of nitrogen functional groups attached to an aromatic ring is 1. The van der Waals surface area contributed by atoms with Gasteiger partial charge in [0.15, 0.2) is 0 Å².